The van der Waals surface area contributed by atoms with E-state index in [-0.39, 0.29) is 5.91 Å². The van der Waals surface area contributed by atoms with E-state index in [0.29, 0.717) is 17.7 Å². The van der Waals surface area contributed by atoms with Gasteiger partial charge in [-0.05, 0) is 43.2 Å². The molecule has 1 saturated heterocycles. The predicted octanol–water partition coefficient (Wildman–Crippen LogP) is 3.89. The van der Waals surface area contributed by atoms with Gasteiger partial charge in [0, 0.05) is 51.6 Å². The zero-order chi connectivity index (χ0) is 19.7. The van der Waals surface area contributed by atoms with Gasteiger partial charge in [0.2, 0.25) is 5.91 Å². The van der Waals surface area contributed by atoms with E-state index in [4.69, 9.17) is 11.6 Å². The van der Waals surface area contributed by atoms with Crippen LogP contribution in [0.25, 0.3) is 0 Å². The first-order valence-corrected chi connectivity index (χ1v) is 11.5. The second-order valence-electron chi connectivity index (χ2n) is 8.63. The normalized spacial score (nSPS) is 20.3. The van der Waals surface area contributed by atoms with Crippen molar-refractivity contribution in [1.29, 1.82) is 0 Å². The summed E-state index contributed by atoms with van der Waals surface area (Å²) in [5.41, 5.74) is 1.73. The second-order valence-corrected chi connectivity index (χ2v) is 9.01. The van der Waals surface area contributed by atoms with Gasteiger partial charge in [-0.1, -0.05) is 43.2 Å². The minimum atomic E-state index is 0.168. The molecule has 3 rings (SSSR count). The van der Waals surface area contributed by atoms with Crippen LogP contribution in [0.4, 0.5) is 0 Å². The van der Waals surface area contributed by atoms with Crippen molar-refractivity contribution >= 4 is 17.5 Å². The van der Waals surface area contributed by atoms with E-state index in [1.165, 1.54) is 37.7 Å². The highest BCUT2D eigenvalue weighted by atomic mass is 35.5. The molecular formula is C23H36ClN3O. The van der Waals surface area contributed by atoms with Crippen molar-refractivity contribution in [3.8, 4) is 0 Å². The fourth-order valence-corrected chi connectivity index (χ4v) is 4.78. The van der Waals surface area contributed by atoms with Crippen LogP contribution in [-0.2, 0) is 11.3 Å². The molecule has 0 aromatic heterocycles. The summed E-state index contributed by atoms with van der Waals surface area (Å²) in [6.07, 6.45) is 7.68. The van der Waals surface area contributed by atoms with Crippen molar-refractivity contribution in [2.45, 2.75) is 51.5 Å². The fourth-order valence-electron chi connectivity index (χ4n) is 4.65. The first-order chi connectivity index (χ1) is 13.7. The third-order valence-corrected chi connectivity index (χ3v) is 6.80. The Morgan fingerprint density at radius 3 is 2.39 bits per heavy atom. The average molecular weight is 406 g/mol. The molecule has 5 heteroatoms. The molecule has 2 aliphatic rings. The first kappa shape index (κ1) is 21.6. The standard InChI is InChI=1S/C23H36ClN3O/c24-13-6-9-22(28)25-20-23(10-4-5-11-23)12-14-26-15-17-27(18-16-26)19-21-7-2-1-3-8-21/h1-3,7-8H,4-6,9-20H2,(H,25,28). The van der Waals surface area contributed by atoms with Crippen LogP contribution >= 0.6 is 11.6 Å². The number of amides is 1. The Balaban J connectivity index is 1.39. The van der Waals surface area contributed by atoms with Gasteiger partial charge in [0.25, 0.3) is 0 Å². The number of benzene rings is 1. The van der Waals surface area contributed by atoms with E-state index in [2.05, 4.69) is 45.4 Å². The summed E-state index contributed by atoms with van der Waals surface area (Å²) >= 11 is 5.70. The minimum Gasteiger partial charge on any atom is -0.356 e. The molecule has 0 atom stereocenters. The van der Waals surface area contributed by atoms with Crippen molar-refractivity contribution in [2.24, 2.45) is 5.41 Å². The Hall–Kier alpha value is -1.10. The molecular weight excluding hydrogens is 370 g/mol. The summed E-state index contributed by atoms with van der Waals surface area (Å²) in [6.45, 7) is 7.69. The van der Waals surface area contributed by atoms with Crippen LogP contribution in [0, 0.1) is 5.41 Å². The van der Waals surface area contributed by atoms with E-state index < -0.39 is 0 Å². The number of piperazine rings is 1. The number of nitrogens with zero attached hydrogens (tertiary/aromatic N) is 2. The molecule has 1 aliphatic heterocycles. The van der Waals surface area contributed by atoms with E-state index in [9.17, 15) is 4.79 Å². The third kappa shape index (κ3) is 6.75. The van der Waals surface area contributed by atoms with Crippen molar-refractivity contribution < 1.29 is 4.79 Å². The highest BCUT2D eigenvalue weighted by Crippen LogP contribution is 2.40. The van der Waals surface area contributed by atoms with Gasteiger partial charge in [0.1, 0.15) is 0 Å². The number of nitrogens with one attached hydrogen (secondary N) is 1. The van der Waals surface area contributed by atoms with Gasteiger partial charge in [-0.15, -0.1) is 11.6 Å². The zero-order valence-corrected chi connectivity index (χ0v) is 17.9. The van der Waals surface area contributed by atoms with Gasteiger partial charge in [0.05, 0.1) is 0 Å². The molecule has 156 valence electrons. The zero-order valence-electron chi connectivity index (χ0n) is 17.2. The van der Waals surface area contributed by atoms with Gasteiger partial charge in [-0.2, -0.15) is 0 Å². The molecule has 1 saturated carbocycles. The molecule has 1 heterocycles. The summed E-state index contributed by atoms with van der Waals surface area (Å²) in [5.74, 6) is 0.732. The number of hydrogen-bond donors (Lipinski definition) is 1. The molecule has 1 N–H and O–H groups in total. The Morgan fingerprint density at radius 2 is 1.71 bits per heavy atom. The smallest absolute Gasteiger partial charge is 0.220 e. The fraction of sp³-hybridized carbons (Fsp3) is 0.696. The quantitative estimate of drug-likeness (QED) is 0.600. The van der Waals surface area contributed by atoms with Crippen molar-refractivity contribution in [3.63, 3.8) is 0 Å². The highest BCUT2D eigenvalue weighted by Gasteiger charge is 2.34. The summed E-state index contributed by atoms with van der Waals surface area (Å²) in [7, 11) is 0. The van der Waals surface area contributed by atoms with Crippen molar-refractivity contribution in [1.82, 2.24) is 15.1 Å². The third-order valence-electron chi connectivity index (χ3n) is 6.53. The average Bonchev–Trinajstić information content (AvgIpc) is 3.20. The van der Waals surface area contributed by atoms with Crippen LogP contribution in [0.5, 0.6) is 0 Å². The van der Waals surface area contributed by atoms with Crippen molar-refractivity contribution in [3.05, 3.63) is 35.9 Å². The molecule has 4 nitrogen and oxygen atoms in total. The molecule has 1 aliphatic carbocycles. The molecule has 28 heavy (non-hydrogen) atoms. The summed E-state index contributed by atoms with van der Waals surface area (Å²) < 4.78 is 0. The summed E-state index contributed by atoms with van der Waals surface area (Å²) in [4.78, 5) is 17.2. The lowest BCUT2D eigenvalue weighted by molar-refractivity contribution is -0.121. The van der Waals surface area contributed by atoms with Gasteiger partial charge in [-0.3, -0.25) is 9.69 Å². The molecule has 0 bridgehead atoms. The van der Waals surface area contributed by atoms with Crippen LogP contribution in [-0.4, -0.2) is 60.9 Å². The number of halogens is 1. The topological polar surface area (TPSA) is 35.6 Å². The Bertz CT molecular complexity index is 581. The largest absolute Gasteiger partial charge is 0.356 e. The van der Waals surface area contributed by atoms with Crippen LogP contribution in [0.15, 0.2) is 30.3 Å². The number of rotatable bonds is 10. The maximum absolute atomic E-state index is 12.0. The van der Waals surface area contributed by atoms with Gasteiger partial charge >= 0.3 is 0 Å². The van der Waals surface area contributed by atoms with Crippen LogP contribution in [0.1, 0.15) is 50.5 Å². The van der Waals surface area contributed by atoms with Crippen LogP contribution in [0.2, 0.25) is 0 Å². The maximum atomic E-state index is 12.0. The molecule has 1 amide bonds. The lowest BCUT2D eigenvalue weighted by Gasteiger charge is -2.37. The minimum absolute atomic E-state index is 0.168. The lowest BCUT2D eigenvalue weighted by Crippen LogP contribution is -2.47. The van der Waals surface area contributed by atoms with Gasteiger partial charge in [0.15, 0.2) is 0 Å². The van der Waals surface area contributed by atoms with E-state index in [0.717, 1.165) is 52.2 Å². The summed E-state index contributed by atoms with van der Waals surface area (Å²) in [5, 5.41) is 3.20. The maximum Gasteiger partial charge on any atom is 0.220 e. The SMILES string of the molecule is O=C(CCCCl)NCC1(CCN2CCN(Cc3ccccc3)CC2)CCCC1. The lowest BCUT2D eigenvalue weighted by atomic mass is 9.82. The Morgan fingerprint density at radius 1 is 1.04 bits per heavy atom. The molecule has 0 unspecified atom stereocenters. The van der Waals surface area contributed by atoms with E-state index in [1.54, 1.807) is 0 Å². The predicted molar refractivity (Wildman–Crippen MR) is 117 cm³/mol. The molecule has 2 fully saturated rings. The monoisotopic (exact) mass is 405 g/mol. The van der Waals surface area contributed by atoms with Gasteiger partial charge in [-0.25, -0.2) is 0 Å². The number of alkyl halides is 1. The van der Waals surface area contributed by atoms with Crippen molar-refractivity contribution in [2.75, 3.05) is 45.1 Å². The second kappa shape index (κ2) is 11.2. The number of hydrogen-bond acceptors (Lipinski definition) is 3. The highest BCUT2D eigenvalue weighted by molar-refractivity contribution is 6.17. The van der Waals surface area contributed by atoms with Crippen LogP contribution < -0.4 is 5.32 Å². The molecule has 1 aromatic rings. The first-order valence-electron chi connectivity index (χ1n) is 11.0. The summed E-state index contributed by atoms with van der Waals surface area (Å²) in [6, 6.07) is 10.8. The van der Waals surface area contributed by atoms with Crippen LogP contribution in [0.3, 0.4) is 0 Å². The van der Waals surface area contributed by atoms with Gasteiger partial charge < -0.3 is 10.2 Å². The Labute approximate surface area is 175 Å². The van der Waals surface area contributed by atoms with E-state index >= 15 is 0 Å². The molecule has 0 spiro atoms. The molecule has 1 aromatic carbocycles. The molecule has 0 radical (unpaired) electrons. The van der Waals surface area contributed by atoms with E-state index in [1.807, 2.05) is 0 Å². The number of carbonyl (C=O) groups excluding carboxylic acids is 1. The number of carbonyl (C=O) groups is 1. The Kier molecular flexibility index (Phi) is 8.63.